The number of benzene rings is 1. The lowest BCUT2D eigenvalue weighted by Gasteiger charge is -2.06. The molecule has 0 bridgehead atoms. The second-order valence-corrected chi connectivity index (χ2v) is 4.37. The fourth-order valence-corrected chi connectivity index (χ4v) is 1.64. The molecule has 0 aliphatic rings. The van der Waals surface area contributed by atoms with Crippen LogP contribution < -0.4 is 11.1 Å². The van der Waals surface area contributed by atoms with Gasteiger partial charge in [0.2, 0.25) is 0 Å². The SMILES string of the molecule is CCCOC(=O)c1ccc(NC(=O)c2[nH]ncc2N)cc1. The average Bonchev–Trinajstić information content (AvgIpc) is 2.91. The molecule has 7 nitrogen and oxygen atoms in total. The predicted molar refractivity (Wildman–Crippen MR) is 78.0 cm³/mol. The molecule has 4 N–H and O–H groups in total. The number of anilines is 2. The third kappa shape index (κ3) is 3.59. The van der Waals surface area contributed by atoms with Crippen molar-refractivity contribution in [3.05, 3.63) is 41.7 Å². The zero-order valence-electron chi connectivity index (χ0n) is 11.6. The van der Waals surface area contributed by atoms with Gasteiger partial charge in [0.25, 0.3) is 5.91 Å². The van der Waals surface area contributed by atoms with E-state index in [0.29, 0.717) is 17.9 Å². The van der Waals surface area contributed by atoms with E-state index >= 15 is 0 Å². The fourth-order valence-electron chi connectivity index (χ4n) is 1.64. The monoisotopic (exact) mass is 288 g/mol. The van der Waals surface area contributed by atoms with Crippen molar-refractivity contribution in [2.24, 2.45) is 0 Å². The summed E-state index contributed by atoms with van der Waals surface area (Å²) in [4.78, 5) is 23.5. The van der Waals surface area contributed by atoms with Gasteiger partial charge in [-0.25, -0.2) is 4.79 Å². The number of carbonyl (C=O) groups excluding carboxylic acids is 2. The Labute approximate surface area is 121 Å². The van der Waals surface area contributed by atoms with Crippen molar-refractivity contribution >= 4 is 23.3 Å². The molecule has 0 saturated heterocycles. The van der Waals surface area contributed by atoms with E-state index in [9.17, 15) is 9.59 Å². The van der Waals surface area contributed by atoms with Crippen LogP contribution in [0.25, 0.3) is 0 Å². The number of rotatable bonds is 5. The van der Waals surface area contributed by atoms with Crippen molar-refractivity contribution in [2.75, 3.05) is 17.7 Å². The van der Waals surface area contributed by atoms with E-state index in [2.05, 4.69) is 15.5 Å². The average molecular weight is 288 g/mol. The molecule has 1 aromatic carbocycles. The van der Waals surface area contributed by atoms with Crippen molar-refractivity contribution in [3.8, 4) is 0 Å². The number of nitrogen functional groups attached to an aromatic ring is 1. The molecule has 0 atom stereocenters. The van der Waals surface area contributed by atoms with Crippen molar-refractivity contribution in [1.29, 1.82) is 0 Å². The van der Waals surface area contributed by atoms with Crippen molar-refractivity contribution < 1.29 is 14.3 Å². The Kier molecular flexibility index (Phi) is 4.55. The third-order valence-electron chi connectivity index (χ3n) is 2.71. The van der Waals surface area contributed by atoms with Crippen molar-refractivity contribution in [1.82, 2.24) is 10.2 Å². The number of hydrogen-bond acceptors (Lipinski definition) is 5. The van der Waals surface area contributed by atoms with Gasteiger partial charge in [-0.15, -0.1) is 0 Å². The number of nitrogens with two attached hydrogens (primary N) is 1. The van der Waals surface area contributed by atoms with E-state index in [0.717, 1.165) is 6.42 Å². The number of esters is 1. The fraction of sp³-hybridized carbons (Fsp3) is 0.214. The molecule has 0 aliphatic carbocycles. The largest absolute Gasteiger partial charge is 0.462 e. The number of aromatic nitrogens is 2. The highest BCUT2D eigenvalue weighted by Crippen LogP contribution is 2.13. The molecule has 0 aliphatic heterocycles. The van der Waals surface area contributed by atoms with Crippen LogP contribution in [0.4, 0.5) is 11.4 Å². The molecule has 0 spiro atoms. The second-order valence-electron chi connectivity index (χ2n) is 4.37. The maximum absolute atomic E-state index is 11.9. The lowest BCUT2D eigenvalue weighted by molar-refractivity contribution is 0.0505. The molecule has 0 unspecified atom stereocenters. The molecule has 0 radical (unpaired) electrons. The van der Waals surface area contributed by atoms with Gasteiger partial charge in [0.1, 0.15) is 5.69 Å². The van der Waals surface area contributed by atoms with E-state index in [1.54, 1.807) is 24.3 Å². The lowest BCUT2D eigenvalue weighted by Crippen LogP contribution is -2.14. The van der Waals surface area contributed by atoms with Gasteiger partial charge in [0.15, 0.2) is 0 Å². The summed E-state index contributed by atoms with van der Waals surface area (Å²) in [7, 11) is 0. The second kappa shape index (κ2) is 6.56. The van der Waals surface area contributed by atoms with Crippen LogP contribution in [0.15, 0.2) is 30.5 Å². The number of carbonyl (C=O) groups is 2. The van der Waals surface area contributed by atoms with Gasteiger partial charge in [-0.2, -0.15) is 5.10 Å². The van der Waals surface area contributed by atoms with Gasteiger partial charge in [0, 0.05) is 5.69 Å². The number of aromatic amines is 1. The molecule has 21 heavy (non-hydrogen) atoms. The standard InChI is InChI=1S/C14H16N4O3/c1-2-7-21-14(20)9-3-5-10(6-4-9)17-13(19)12-11(15)8-16-18-12/h3-6,8H,2,7,15H2,1H3,(H,16,18)(H,17,19). The summed E-state index contributed by atoms with van der Waals surface area (Å²) in [5.74, 6) is -0.779. The van der Waals surface area contributed by atoms with Crippen LogP contribution in [0.5, 0.6) is 0 Å². The molecule has 2 rings (SSSR count). The Balaban J connectivity index is 2.01. The number of hydrogen-bond donors (Lipinski definition) is 3. The predicted octanol–water partition coefficient (Wildman–Crippen LogP) is 1.81. The molecule has 7 heteroatoms. The highest BCUT2D eigenvalue weighted by Gasteiger charge is 2.12. The lowest BCUT2D eigenvalue weighted by atomic mass is 10.2. The number of amides is 1. The Morgan fingerprint density at radius 1 is 1.33 bits per heavy atom. The number of H-pyrrole nitrogens is 1. The van der Waals surface area contributed by atoms with E-state index in [4.69, 9.17) is 10.5 Å². The molecule has 0 fully saturated rings. The zero-order valence-corrected chi connectivity index (χ0v) is 11.6. The summed E-state index contributed by atoms with van der Waals surface area (Å²) in [5, 5.41) is 8.85. The van der Waals surface area contributed by atoms with Gasteiger partial charge >= 0.3 is 5.97 Å². The summed E-state index contributed by atoms with van der Waals surface area (Å²) in [6.07, 6.45) is 2.13. The highest BCUT2D eigenvalue weighted by molar-refractivity contribution is 6.06. The minimum absolute atomic E-state index is 0.196. The normalized spacial score (nSPS) is 10.1. The molecule has 1 heterocycles. The molecule has 0 saturated carbocycles. The van der Waals surface area contributed by atoms with E-state index < -0.39 is 5.91 Å². The number of ether oxygens (including phenoxy) is 1. The molecular weight excluding hydrogens is 272 g/mol. The first-order valence-corrected chi connectivity index (χ1v) is 6.49. The van der Waals surface area contributed by atoms with Crippen molar-refractivity contribution in [3.63, 3.8) is 0 Å². The van der Waals surface area contributed by atoms with Crippen LogP contribution in [0.1, 0.15) is 34.2 Å². The molecule has 1 aromatic heterocycles. The van der Waals surface area contributed by atoms with Gasteiger partial charge in [-0.3, -0.25) is 9.89 Å². The molecule has 2 aromatic rings. The first-order chi connectivity index (χ1) is 10.1. The summed E-state index contributed by atoms with van der Waals surface area (Å²) >= 11 is 0. The third-order valence-corrected chi connectivity index (χ3v) is 2.71. The maximum Gasteiger partial charge on any atom is 0.338 e. The van der Waals surface area contributed by atoms with Crippen LogP contribution in [0, 0.1) is 0 Å². The van der Waals surface area contributed by atoms with Crippen LogP contribution in [-0.4, -0.2) is 28.7 Å². The topological polar surface area (TPSA) is 110 Å². The Hall–Kier alpha value is -2.83. The highest BCUT2D eigenvalue weighted by atomic mass is 16.5. The van der Waals surface area contributed by atoms with Gasteiger partial charge < -0.3 is 15.8 Å². The van der Waals surface area contributed by atoms with Crippen LogP contribution >= 0.6 is 0 Å². The molecular formula is C14H16N4O3. The van der Waals surface area contributed by atoms with E-state index in [1.165, 1.54) is 6.20 Å². The van der Waals surface area contributed by atoms with Crippen LogP contribution in [0.3, 0.4) is 0 Å². The summed E-state index contributed by atoms with van der Waals surface area (Å²) in [5.41, 5.74) is 7.03. The minimum Gasteiger partial charge on any atom is -0.462 e. The number of nitrogens with zero attached hydrogens (tertiary/aromatic N) is 1. The van der Waals surface area contributed by atoms with E-state index in [1.807, 2.05) is 6.92 Å². The van der Waals surface area contributed by atoms with E-state index in [-0.39, 0.29) is 17.4 Å². The van der Waals surface area contributed by atoms with Gasteiger partial charge in [-0.05, 0) is 30.7 Å². The zero-order chi connectivity index (χ0) is 15.2. The van der Waals surface area contributed by atoms with Gasteiger partial charge in [-0.1, -0.05) is 6.92 Å². The summed E-state index contributed by atoms with van der Waals surface area (Å²) < 4.78 is 5.02. The first kappa shape index (κ1) is 14.6. The quantitative estimate of drug-likeness (QED) is 0.727. The molecule has 1 amide bonds. The summed E-state index contributed by atoms with van der Waals surface area (Å²) in [6, 6.07) is 6.41. The van der Waals surface area contributed by atoms with Crippen molar-refractivity contribution in [2.45, 2.75) is 13.3 Å². The molecule has 110 valence electrons. The Morgan fingerprint density at radius 2 is 2.05 bits per heavy atom. The Bertz CT molecular complexity index is 634. The van der Waals surface area contributed by atoms with Crippen LogP contribution in [0.2, 0.25) is 0 Å². The smallest absolute Gasteiger partial charge is 0.338 e. The maximum atomic E-state index is 11.9. The minimum atomic E-state index is -0.397. The Morgan fingerprint density at radius 3 is 2.62 bits per heavy atom. The number of nitrogens with one attached hydrogen (secondary N) is 2. The first-order valence-electron chi connectivity index (χ1n) is 6.49. The summed E-state index contributed by atoms with van der Waals surface area (Å²) in [6.45, 7) is 2.31. The van der Waals surface area contributed by atoms with Crippen LogP contribution in [-0.2, 0) is 4.74 Å². The van der Waals surface area contributed by atoms with Gasteiger partial charge in [0.05, 0.1) is 24.1 Å².